The Morgan fingerprint density at radius 1 is 1.30 bits per heavy atom. The summed E-state index contributed by atoms with van der Waals surface area (Å²) in [5.41, 5.74) is -0.518. The van der Waals surface area contributed by atoms with Gasteiger partial charge in [-0.3, -0.25) is 14.7 Å². The number of benzene rings is 1. The van der Waals surface area contributed by atoms with Crippen molar-refractivity contribution in [1.29, 1.82) is 0 Å². The van der Waals surface area contributed by atoms with Gasteiger partial charge in [-0.1, -0.05) is 19.1 Å². The van der Waals surface area contributed by atoms with E-state index in [2.05, 4.69) is 29.0 Å². The monoisotopic (exact) mass is 318 g/mol. The molecular formula is C16H19FN4O2. The fourth-order valence-corrected chi connectivity index (χ4v) is 2.77. The zero-order valence-corrected chi connectivity index (χ0v) is 13.1. The van der Waals surface area contributed by atoms with E-state index in [-0.39, 0.29) is 5.69 Å². The van der Waals surface area contributed by atoms with Crippen LogP contribution in [0.4, 0.5) is 10.2 Å². The van der Waals surface area contributed by atoms with Crippen molar-refractivity contribution in [3.63, 3.8) is 0 Å². The van der Waals surface area contributed by atoms with Gasteiger partial charge in [-0.15, -0.1) is 0 Å². The highest BCUT2D eigenvalue weighted by molar-refractivity contribution is 5.52. The third-order valence-electron chi connectivity index (χ3n) is 4.33. The maximum Gasteiger partial charge on any atom is 0.334 e. The molecule has 0 bridgehead atoms. The molecule has 3 rings (SSSR count). The van der Waals surface area contributed by atoms with Crippen LogP contribution in [-0.2, 0) is 6.54 Å². The molecule has 1 unspecified atom stereocenters. The average Bonchev–Trinajstić information content (AvgIpc) is 2.55. The summed E-state index contributed by atoms with van der Waals surface area (Å²) in [7, 11) is 0. The minimum Gasteiger partial charge on any atom is -0.358 e. The van der Waals surface area contributed by atoms with E-state index in [9.17, 15) is 14.0 Å². The van der Waals surface area contributed by atoms with Crippen LogP contribution in [0.2, 0.25) is 0 Å². The quantitative estimate of drug-likeness (QED) is 0.903. The molecule has 6 nitrogen and oxygen atoms in total. The number of hydrogen-bond donors (Lipinski definition) is 2. The van der Waals surface area contributed by atoms with E-state index in [0.717, 1.165) is 6.42 Å². The van der Waals surface area contributed by atoms with Gasteiger partial charge in [0.2, 0.25) is 0 Å². The zero-order valence-electron chi connectivity index (χ0n) is 13.1. The van der Waals surface area contributed by atoms with Crippen molar-refractivity contribution in [3.05, 3.63) is 56.5 Å². The molecule has 0 saturated carbocycles. The standard InChI is InChI=1S/C16H19FN4O2/c1-3-10(2)20-8-11-14(18-9-20)21(16(23)19-15(11)22)13-7-5-4-6-12(13)17/h4-7,10,18H,3,8-9H2,1-2H3,(H,19,22,23). The Bertz CT molecular complexity index is 843. The van der Waals surface area contributed by atoms with Gasteiger partial charge in [0.15, 0.2) is 0 Å². The topological polar surface area (TPSA) is 70.1 Å². The lowest BCUT2D eigenvalue weighted by molar-refractivity contribution is 0.200. The number of aromatic amines is 1. The Balaban J connectivity index is 2.17. The van der Waals surface area contributed by atoms with E-state index in [1.807, 2.05) is 0 Å². The number of nitrogens with one attached hydrogen (secondary N) is 2. The first-order valence-electron chi connectivity index (χ1n) is 7.64. The fourth-order valence-electron chi connectivity index (χ4n) is 2.77. The minimum atomic E-state index is -0.650. The number of nitrogens with zero attached hydrogens (tertiary/aromatic N) is 2. The predicted octanol–water partition coefficient (Wildman–Crippen LogP) is 1.65. The fraction of sp³-hybridized carbons (Fsp3) is 0.375. The van der Waals surface area contributed by atoms with Crippen LogP contribution in [0.15, 0.2) is 33.9 Å². The number of anilines is 1. The number of rotatable bonds is 3. The summed E-state index contributed by atoms with van der Waals surface area (Å²) in [5, 5.41) is 3.11. The van der Waals surface area contributed by atoms with Crippen molar-refractivity contribution in [3.8, 4) is 5.69 Å². The molecule has 1 aliphatic rings. The molecule has 0 amide bonds. The lowest BCUT2D eigenvalue weighted by Gasteiger charge is -2.34. The van der Waals surface area contributed by atoms with Gasteiger partial charge in [-0.25, -0.2) is 13.8 Å². The molecule has 2 aromatic rings. The lowest BCUT2D eigenvalue weighted by atomic mass is 10.1. The van der Waals surface area contributed by atoms with Gasteiger partial charge < -0.3 is 5.32 Å². The Hall–Kier alpha value is -2.41. The number of hydrogen-bond acceptors (Lipinski definition) is 4. The van der Waals surface area contributed by atoms with Gasteiger partial charge in [0.25, 0.3) is 5.56 Å². The van der Waals surface area contributed by atoms with Crippen molar-refractivity contribution in [2.75, 3.05) is 12.0 Å². The van der Waals surface area contributed by atoms with Gasteiger partial charge in [0.1, 0.15) is 11.6 Å². The third kappa shape index (κ3) is 2.68. The first-order chi connectivity index (χ1) is 11.0. The molecule has 7 heteroatoms. The number of H-pyrrole nitrogens is 1. The highest BCUT2D eigenvalue weighted by atomic mass is 19.1. The van der Waals surface area contributed by atoms with Gasteiger partial charge in [0, 0.05) is 12.6 Å². The Labute approximate surface area is 132 Å². The molecule has 0 radical (unpaired) electrons. The van der Waals surface area contributed by atoms with Crippen LogP contribution in [0.5, 0.6) is 0 Å². The van der Waals surface area contributed by atoms with Gasteiger partial charge >= 0.3 is 5.69 Å². The summed E-state index contributed by atoms with van der Waals surface area (Å²) in [4.78, 5) is 28.8. The third-order valence-corrected chi connectivity index (χ3v) is 4.33. The molecule has 1 aliphatic heterocycles. The molecule has 1 aromatic heterocycles. The minimum absolute atomic E-state index is 0.120. The smallest absolute Gasteiger partial charge is 0.334 e. The maximum atomic E-state index is 14.1. The maximum absolute atomic E-state index is 14.1. The second-order valence-electron chi connectivity index (χ2n) is 5.71. The molecule has 0 aliphatic carbocycles. The number of halogens is 1. The summed E-state index contributed by atoms with van der Waals surface area (Å²) in [6, 6.07) is 6.30. The average molecular weight is 318 g/mol. The Kier molecular flexibility index (Phi) is 4.04. The number of aromatic nitrogens is 2. The Morgan fingerprint density at radius 3 is 2.74 bits per heavy atom. The first kappa shape index (κ1) is 15.5. The van der Waals surface area contributed by atoms with E-state index in [1.54, 1.807) is 12.1 Å². The molecule has 2 heterocycles. The van der Waals surface area contributed by atoms with Crippen LogP contribution >= 0.6 is 0 Å². The summed E-state index contributed by atoms with van der Waals surface area (Å²) in [6.45, 7) is 5.07. The van der Waals surface area contributed by atoms with E-state index < -0.39 is 17.1 Å². The van der Waals surface area contributed by atoms with Crippen LogP contribution in [0.25, 0.3) is 5.69 Å². The normalized spacial score (nSPS) is 15.8. The van der Waals surface area contributed by atoms with Crippen molar-refractivity contribution in [2.24, 2.45) is 0 Å². The predicted molar refractivity (Wildman–Crippen MR) is 86.4 cm³/mol. The molecule has 0 spiro atoms. The zero-order chi connectivity index (χ0) is 16.6. The molecule has 0 fully saturated rings. The summed E-state index contributed by atoms with van der Waals surface area (Å²) < 4.78 is 15.3. The molecular weight excluding hydrogens is 299 g/mol. The summed E-state index contributed by atoms with van der Waals surface area (Å²) in [5.74, 6) is -0.154. The van der Waals surface area contributed by atoms with Gasteiger partial charge in [-0.2, -0.15) is 0 Å². The second-order valence-corrected chi connectivity index (χ2v) is 5.71. The van der Waals surface area contributed by atoms with Crippen molar-refractivity contribution < 1.29 is 4.39 Å². The highest BCUT2D eigenvalue weighted by Crippen LogP contribution is 2.23. The largest absolute Gasteiger partial charge is 0.358 e. The molecule has 1 atom stereocenters. The lowest BCUT2D eigenvalue weighted by Crippen LogP contribution is -2.45. The second kappa shape index (κ2) is 6.00. The van der Waals surface area contributed by atoms with Crippen LogP contribution in [0.1, 0.15) is 25.8 Å². The van der Waals surface area contributed by atoms with Crippen molar-refractivity contribution in [2.45, 2.75) is 32.9 Å². The summed E-state index contributed by atoms with van der Waals surface area (Å²) >= 11 is 0. The van der Waals surface area contributed by atoms with E-state index in [1.165, 1.54) is 16.7 Å². The SMILES string of the molecule is CCC(C)N1CNc2c(c(=O)[nH]c(=O)n2-c2ccccc2F)C1. The summed E-state index contributed by atoms with van der Waals surface area (Å²) in [6.07, 6.45) is 0.946. The van der Waals surface area contributed by atoms with Crippen LogP contribution in [0, 0.1) is 5.82 Å². The van der Waals surface area contributed by atoms with Crippen molar-refractivity contribution >= 4 is 5.82 Å². The molecule has 2 N–H and O–H groups in total. The van der Waals surface area contributed by atoms with Gasteiger partial charge in [-0.05, 0) is 25.5 Å². The van der Waals surface area contributed by atoms with E-state index in [4.69, 9.17) is 0 Å². The van der Waals surface area contributed by atoms with E-state index >= 15 is 0 Å². The number of fused-ring (bicyclic) bond motifs is 1. The van der Waals surface area contributed by atoms with Crippen LogP contribution < -0.4 is 16.6 Å². The van der Waals surface area contributed by atoms with Crippen LogP contribution in [-0.4, -0.2) is 27.2 Å². The van der Waals surface area contributed by atoms with Crippen LogP contribution in [0.3, 0.4) is 0 Å². The Morgan fingerprint density at radius 2 is 2.04 bits per heavy atom. The molecule has 122 valence electrons. The molecule has 23 heavy (non-hydrogen) atoms. The van der Waals surface area contributed by atoms with Crippen molar-refractivity contribution in [1.82, 2.24) is 14.5 Å². The van der Waals surface area contributed by atoms with Gasteiger partial charge in [0.05, 0.1) is 17.9 Å². The highest BCUT2D eigenvalue weighted by Gasteiger charge is 2.26. The number of para-hydroxylation sites is 1. The molecule has 0 saturated heterocycles. The van der Waals surface area contributed by atoms with E-state index in [0.29, 0.717) is 30.6 Å². The first-order valence-corrected chi connectivity index (χ1v) is 7.64. The molecule has 1 aromatic carbocycles.